The molecule has 0 spiro atoms. The number of aromatic nitrogens is 4. The van der Waals surface area contributed by atoms with E-state index in [4.69, 9.17) is 9.15 Å². The predicted octanol–water partition coefficient (Wildman–Crippen LogP) is 3.65. The fourth-order valence-electron chi connectivity index (χ4n) is 2.53. The SMILES string of the molecule is CC(C)c1ccc(OCC(=O)Nc2nnc(-c3ccnn3C(C)C)o2)cc1. The second kappa shape index (κ2) is 8.03. The molecule has 0 radical (unpaired) electrons. The highest BCUT2D eigenvalue weighted by atomic mass is 16.5. The van der Waals surface area contributed by atoms with Gasteiger partial charge in [-0.25, -0.2) is 0 Å². The smallest absolute Gasteiger partial charge is 0.322 e. The van der Waals surface area contributed by atoms with Gasteiger partial charge in [-0.15, -0.1) is 5.10 Å². The van der Waals surface area contributed by atoms with E-state index in [-0.39, 0.29) is 24.6 Å². The lowest BCUT2D eigenvalue weighted by Gasteiger charge is -2.08. The molecule has 0 fully saturated rings. The summed E-state index contributed by atoms with van der Waals surface area (Å²) in [6.45, 7) is 8.09. The molecule has 8 heteroatoms. The second-order valence-corrected chi connectivity index (χ2v) is 6.73. The number of hydrogen-bond donors (Lipinski definition) is 1. The molecule has 2 heterocycles. The number of benzene rings is 1. The highest BCUT2D eigenvalue weighted by Crippen LogP contribution is 2.22. The highest BCUT2D eigenvalue weighted by Gasteiger charge is 2.16. The molecule has 1 N–H and O–H groups in total. The summed E-state index contributed by atoms with van der Waals surface area (Å²) >= 11 is 0. The van der Waals surface area contributed by atoms with Crippen molar-refractivity contribution >= 4 is 11.9 Å². The first-order valence-electron chi connectivity index (χ1n) is 8.84. The zero-order valence-electron chi connectivity index (χ0n) is 15.8. The maximum atomic E-state index is 12.1. The van der Waals surface area contributed by atoms with Crippen LogP contribution in [0.4, 0.5) is 6.01 Å². The van der Waals surface area contributed by atoms with Crippen molar-refractivity contribution in [1.82, 2.24) is 20.0 Å². The molecule has 8 nitrogen and oxygen atoms in total. The number of anilines is 1. The largest absolute Gasteiger partial charge is 0.484 e. The average molecular weight is 369 g/mol. The standard InChI is InChI=1S/C19H23N5O3/c1-12(2)14-5-7-15(8-6-14)26-11-17(25)21-19-23-22-18(27-19)16-9-10-20-24(16)13(3)4/h5-10,12-13H,11H2,1-4H3,(H,21,23,25). The van der Waals surface area contributed by atoms with Gasteiger partial charge in [-0.05, 0) is 43.5 Å². The Morgan fingerprint density at radius 3 is 2.56 bits per heavy atom. The highest BCUT2D eigenvalue weighted by molar-refractivity contribution is 5.89. The maximum absolute atomic E-state index is 12.1. The minimum Gasteiger partial charge on any atom is -0.484 e. The van der Waals surface area contributed by atoms with Gasteiger partial charge in [0.15, 0.2) is 6.61 Å². The van der Waals surface area contributed by atoms with E-state index in [0.717, 1.165) is 0 Å². The van der Waals surface area contributed by atoms with E-state index in [1.807, 2.05) is 38.1 Å². The number of hydrogen-bond acceptors (Lipinski definition) is 6. The van der Waals surface area contributed by atoms with Gasteiger partial charge in [0.05, 0.1) is 0 Å². The Labute approximate surface area is 157 Å². The molecule has 1 aromatic carbocycles. The molecular weight excluding hydrogens is 346 g/mol. The number of rotatable bonds is 7. The number of nitrogens with zero attached hydrogens (tertiary/aromatic N) is 4. The molecule has 3 rings (SSSR count). The van der Waals surface area contributed by atoms with Gasteiger partial charge in [-0.3, -0.25) is 14.8 Å². The van der Waals surface area contributed by atoms with Crippen molar-refractivity contribution in [3.8, 4) is 17.3 Å². The summed E-state index contributed by atoms with van der Waals surface area (Å²) in [4.78, 5) is 12.1. The normalized spacial score (nSPS) is 11.2. The van der Waals surface area contributed by atoms with Crippen LogP contribution in [0.15, 0.2) is 40.9 Å². The molecule has 3 aromatic rings. The summed E-state index contributed by atoms with van der Waals surface area (Å²) in [6.07, 6.45) is 1.66. The minimum atomic E-state index is -0.379. The summed E-state index contributed by atoms with van der Waals surface area (Å²) in [6, 6.07) is 9.62. The molecule has 142 valence electrons. The molecule has 0 aliphatic carbocycles. The van der Waals surface area contributed by atoms with E-state index in [0.29, 0.717) is 23.3 Å². The number of carbonyl (C=O) groups is 1. The van der Waals surface area contributed by atoms with Crippen LogP contribution in [0.3, 0.4) is 0 Å². The zero-order valence-corrected chi connectivity index (χ0v) is 15.8. The van der Waals surface area contributed by atoms with E-state index in [1.54, 1.807) is 16.9 Å². The Morgan fingerprint density at radius 2 is 1.89 bits per heavy atom. The molecular formula is C19H23N5O3. The van der Waals surface area contributed by atoms with Crippen LogP contribution in [0.1, 0.15) is 45.2 Å². The van der Waals surface area contributed by atoms with Gasteiger partial charge in [-0.1, -0.05) is 31.1 Å². The first-order chi connectivity index (χ1) is 12.9. The second-order valence-electron chi connectivity index (χ2n) is 6.73. The Hall–Kier alpha value is -3.16. The Morgan fingerprint density at radius 1 is 1.15 bits per heavy atom. The maximum Gasteiger partial charge on any atom is 0.322 e. The van der Waals surface area contributed by atoms with E-state index in [1.165, 1.54) is 5.56 Å². The molecule has 0 aliphatic rings. The number of ether oxygens (including phenoxy) is 1. The van der Waals surface area contributed by atoms with Crippen molar-refractivity contribution in [3.63, 3.8) is 0 Å². The third-order valence-corrected chi connectivity index (χ3v) is 3.97. The zero-order chi connectivity index (χ0) is 19.4. The molecule has 0 unspecified atom stereocenters. The molecule has 0 aliphatic heterocycles. The number of nitrogens with one attached hydrogen (secondary N) is 1. The van der Waals surface area contributed by atoms with Crippen molar-refractivity contribution in [2.75, 3.05) is 11.9 Å². The molecule has 0 bridgehead atoms. The quantitative estimate of drug-likeness (QED) is 0.683. The van der Waals surface area contributed by atoms with Crippen LogP contribution in [0.2, 0.25) is 0 Å². The number of carbonyl (C=O) groups excluding carboxylic acids is 1. The van der Waals surface area contributed by atoms with E-state index in [9.17, 15) is 4.79 Å². The minimum absolute atomic E-state index is 0.0188. The van der Waals surface area contributed by atoms with Crippen LogP contribution in [0.25, 0.3) is 11.6 Å². The van der Waals surface area contributed by atoms with Crippen LogP contribution >= 0.6 is 0 Å². The summed E-state index contributed by atoms with van der Waals surface area (Å²) in [7, 11) is 0. The van der Waals surface area contributed by atoms with Crippen LogP contribution in [0.5, 0.6) is 5.75 Å². The molecule has 0 atom stereocenters. The van der Waals surface area contributed by atoms with Gasteiger partial charge in [0.2, 0.25) is 0 Å². The van der Waals surface area contributed by atoms with E-state index >= 15 is 0 Å². The summed E-state index contributed by atoms with van der Waals surface area (Å²) in [5.74, 6) is 0.986. The third kappa shape index (κ3) is 4.52. The van der Waals surface area contributed by atoms with Gasteiger partial charge < -0.3 is 9.15 Å². The lowest BCUT2D eigenvalue weighted by Crippen LogP contribution is -2.20. The number of amides is 1. The first-order valence-corrected chi connectivity index (χ1v) is 8.84. The van der Waals surface area contributed by atoms with E-state index in [2.05, 4.69) is 34.5 Å². The van der Waals surface area contributed by atoms with Crippen molar-refractivity contribution in [1.29, 1.82) is 0 Å². The van der Waals surface area contributed by atoms with Crippen LogP contribution in [-0.2, 0) is 4.79 Å². The molecule has 1 amide bonds. The van der Waals surface area contributed by atoms with Crippen LogP contribution in [-0.4, -0.2) is 32.5 Å². The lowest BCUT2D eigenvalue weighted by molar-refractivity contribution is -0.118. The van der Waals surface area contributed by atoms with E-state index < -0.39 is 0 Å². The predicted molar refractivity (Wildman–Crippen MR) is 101 cm³/mol. The molecule has 0 saturated carbocycles. The van der Waals surface area contributed by atoms with Gasteiger partial charge in [-0.2, -0.15) is 5.10 Å². The van der Waals surface area contributed by atoms with Crippen molar-refractivity contribution in [3.05, 3.63) is 42.1 Å². The summed E-state index contributed by atoms with van der Waals surface area (Å²) < 4.78 is 12.8. The third-order valence-electron chi connectivity index (χ3n) is 3.97. The summed E-state index contributed by atoms with van der Waals surface area (Å²) in [5, 5.41) is 14.6. The Kier molecular flexibility index (Phi) is 5.54. The molecule has 2 aromatic heterocycles. The molecule has 0 saturated heterocycles. The Bertz CT molecular complexity index is 896. The Balaban J connectivity index is 1.57. The fraction of sp³-hybridized carbons (Fsp3) is 0.368. The molecule has 27 heavy (non-hydrogen) atoms. The van der Waals surface area contributed by atoms with Gasteiger partial charge in [0.1, 0.15) is 11.4 Å². The van der Waals surface area contributed by atoms with Crippen LogP contribution in [0, 0.1) is 0 Å². The first kappa shape index (κ1) is 18.6. The summed E-state index contributed by atoms with van der Waals surface area (Å²) in [5.41, 5.74) is 1.91. The lowest BCUT2D eigenvalue weighted by atomic mass is 10.0. The van der Waals surface area contributed by atoms with Crippen molar-refractivity contribution in [2.24, 2.45) is 0 Å². The fourth-order valence-corrected chi connectivity index (χ4v) is 2.53. The van der Waals surface area contributed by atoms with Gasteiger partial charge in [0, 0.05) is 12.2 Å². The van der Waals surface area contributed by atoms with Crippen molar-refractivity contribution < 1.29 is 13.9 Å². The van der Waals surface area contributed by atoms with Gasteiger partial charge in [0.25, 0.3) is 11.8 Å². The van der Waals surface area contributed by atoms with Gasteiger partial charge >= 0.3 is 6.01 Å². The average Bonchev–Trinajstić information content (AvgIpc) is 3.29. The van der Waals surface area contributed by atoms with Crippen LogP contribution < -0.4 is 10.1 Å². The topological polar surface area (TPSA) is 95.1 Å². The van der Waals surface area contributed by atoms with Crippen molar-refractivity contribution in [2.45, 2.75) is 39.7 Å². The monoisotopic (exact) mass is 369 g/mol.